The van der Waals surface area contributed by atoms with Crippen LogP contribution < -0.4 is 10.2 Å². The van der Waals surface area contributed by atoms with E-state index in [0.29, 0.717) is 35.7 Å². The summed E-state index contributed by atoms with van der Waals surface area (Å²) in [6, 6.07) is 6.06. The summed E-state index contributed by atoms with van der Waals surface area (Å²) in [5, 5.41) is 3.76. The number of nitrogens with zero attached hydrogens (tertiary/aromatic N) is 3. The van der Waals surface area contributed by atoms with Crippen molar-refractivity contribution >= 4 is 41.4 Å². The monoisotopic (exact) mass is 498 g/mol. The van der Waals surface area contributed by atoms with Gasteiger partial charge in [0.25, 0.3) is 0 Å². The third-order valence-corrected chi connectivity index (χ3v) is 7.30. The van der Waals surface area contributed by atoms with Crippen LogP contribution in [0.1, 0.15) is 37.0 Å². The number of carbonyl (C=O) groups excluding carboxylic acids is 2. The standard InChI is InChI=1S/C24H35ClN4O3.ClH/c1-17(2)27-10-12-29(13-11-27)24(31)18-5-8-28(9-6-18)21-4-3-19(15-20(21)25)23(30)22-16-26-7-14-32-22;/h3-4,15,17-18,22,26H,5-14,16H2,1-2H3;1H. The summed E-state index contributed by atoms with van der Waals surface area (Å²) in [6.45, 7) is 11.5. The maximum absolute atomic E-state index is 13.0. The molecule has 0 bridgehead atoms. The molecule has 1 atom stereocenters. The lowest BCUT2D eigenvalue weighted by molar-refractivity contribution is -0.138. The van der Waals surface area contributed by atoms with Gasteiger partial charge in [-0.05, 0) is 44.9 Å². The number of morpholine rings is 1. The number of hydrogen-bond donors (Lipinski definition) is 1. The number of halogens is 2. The van der Waals surface area contributed by atoms with Gasteiger partial charge in [0.1, 0.15) is 6.10 Å². The number of rotatable bonds is 5. The van der Waals surface area contributed by atoms with Gasteiger partial charge in [0.2, 0.25) is 5.91 Å². The topological polar surface area (TPSA) is 65.1 Å². The summed E-state index contributed by atoms with van der Waals surface area (Å²) in [7, 11) is 0. The Kier molecular flexibility index (Phi) is 9.42. The molecule has 3 fully saturated rings. The maximum Gasteiger partial charge on any atom is 0.225 e. The molecular formula is C24H36Cl2N4O3. The van der Waals surface area contributed by atoms with Gasteiger partial charge in [0.05, 0.1) is 17.3 Å². The first-order valence-corrected chi connectivity index (χ1v) is 12.3. The molecule has 3 saturated heterocycles. The van der Waals surface area contributed by atoms with E-state index < -0.39 is 6.10 Å². The first-order chi connectivity index (χ1) is 15.4. The molecule has 3 aliphatic heterocycles. The third kappa shape index (κ3) is 6.20. The first kappa shape index (κ1) is 26.2. The molecule has 0 saturated carbocycles. The fourth-order valence-corrected chi connectivity index (χ4v) is 5.22. The van der Waals surface area contributed by atoms with Crippen LogP contribution in [-0.4, -0.2) is 92.6 Å². The van der Waals surface area contributed by atoms with E-state index >= 15 is 0 Å². The second kappa shape index (κ2) is 11.8. The molecule has 0 aromatic heterocycles. The molecule has 3 heterocycles. The Morgan fingerprint density at radius 1 is 1.09 bits per heavy atom. The lowest BCUT2D eigenvalue weighted by Crippen LogP contribution is -2.53. The van der Waals surface area contributed by atoms with Gasteiger partial charge in [-0.15, -0.1) is 12.4 Å². The van der Waals surface area contributed by atoms with Crippen LogP contribution in [0.2, 0.25) is 5.02 Å². The highest BCUT2D eigenvalue weighted by Crippen LogP contribution is 2.31. The number of piperazine rings is 1. The van der Waals surface area contributed by atoms with Gasteiger partial charge in [-0.25, -0.2) is 0 Å². The minimum absolute atomic E-state index is 0. The summed E-state index contributed by atoms with van der Waals surface area (Å²) in [5.74, 6) is 0.362. The van der Waals surface area contributed by atoms with Crippen LogP contribution in [0.3, 0.4) is 0 Å². The molecule has 1 unspecified atom stereocenters. The van der Waals surface area contributed by atoms with Crippen molar-refractivity contribution in [3.63, 3.8) is 0 Å². The SMILES string of the molecule is CC(C)N1CCN(C(=O)C2CCN(c3ccc(C(=O)C4CNCCO4)cc3Cl)CC2)CC1.Cl. The molecule has 33 heavy (non-hydrogen) atoms. The third-order valence-electron chi connectivity index (χ3n) is 6.99. The lowest BCUT2D eigenvalue weighted by atomic mass is 9.94. The van der Waals surface area contributed by atoms with E-state index in [0.717, 1.165) is 64.3 Å². The average molecular weight is 499 g/mol. The number of hydrogen-bond acceptors (Lipinski definition) is 6. The Balaban J connectivity index is 0.00000306. The van der Waals surface area contributed by atoms with Crippen LogP contribution in [0.15, 0.2) is 18.2 Å². The number of Topliss-reactive ketones (excluding diaryl/α,β-unsaturated/α-hetero) is 1. The van der Waals surface area contributed by atoms with Gasteiger partial charge in [0, 0.05) is 69.9 Å². The van der Waals surface area contributed by atoms with E-state index in [1.54, 1.807) is 6.07 Å². The molecule has 184 valence electrons. The molecule has 7 nitrogen and oxygen atoms in total. The van der Waals surface area contributed by atoms with Crippen LogP contribution in [0.4, 0.5) is 5.69 Å². The molecule has 3 aliphatic rings. The van der Waals surface area contributed by atoms with Crippen molar-refractivity contribution in [1.82, 2.24) is 15.1 Å². The summed E-state index contributed by atoms with van der Waals surface area (Å²) in [5.41, 5.74) is 1.51. The fraction of sp³-hybridized carbons (Fsp3) is 0.667. The van der Waals surface area contributed by atoms with Gasteiger partial charge < -0.3 is 19.9 Å². The number of ketones is 1. The summed E-state index contributed by atoms with van der Waals surface area (Å²) in [4.78, 5) is 32.4. The highest BCUT2D eigenvalue weighted by molar-refractivity contribution is 6.33. The molecule has 1 N–H and O–H groups in total. The molecule has 0 radical (unpaired) electrons. The highest BCUT2D eigenvalue weighted by atomic mass is 35.5. The van der Waals surface area contributed by atoms with Gasteiger partial charge in [-0.1, -0.05) is 11.6 Å². The molecule has 1 aromatic carbocycles. The van der Waals surface area contributed by atoms with E-state index in [1.807, 2.05) is 12.1 Å². The predicted octanol–water partition coefficient (Wildman–Crippen LogP) is 2.70. The molecule has 1 aromatic rings. The molecular weight excluding hydrogens is 463 g/mol. The van der Waals surface area contributed by atoms with Crippen molar-refractivity contribution in [1.29, 1.82) is 0 Å². The van der Waals surface area contributed by atoms with Crippen molar-refractivity contribution in [2.45, 2.75) is 38.8 Å². The zero-order valence-electron chi connectivity index (χ0n) is 19.6. The number of carbonyl (C=O) groups is 2. The fourth-order valence-electron chi connectivity index (χ4n) is 4.92. The van der Waals surface area contributed by atoms with Crippen molar-refractivity contribution in [3.05, 3.63) is 28.8 Å². The quantitative estimate of drug-likeness (QED) is 0.629. The normalized spacial score (nSPS) is 22.8. The number of benzene rings is 1. The average Bonchev–Trinajstić information content (AvgIpc) is 2.84. The Labute approximate surface area is 208 Å². The zero-order chi connectivity index (χ0) is 22.7. The summed E-state index contributed by atoms with van der Waals surface area (Å²) in [6.07, 6.45) is 1.22. The Morgan fingerprint density at radius 3 is 2.36 bits per heavy atom. The Hall–Kier alpha value is -1.38. The Bertz CT molecular complexity index is 816. The second-order valence-electron chi connectivity index (χ2n) is 9.31. The van der Waals surface area contributed by atoms with Crippen molar-refractivity contribution in [3.8, 4) is 0 Å². The van der Waals surface area contributed by atoms with E-state index in [4.69, 9.17) is 16.3 Å². The van der Waals surface area contributed by atoms with E-state index in [-0.39, 0.29) is 24.1 Å². The van der Waals surface area contributed by atoms with Crippen molar-refractivity contribution in [2.24, 2.45) is 5.92 Å². The van der Waals surface area contributed by atoms with Gasteiger partial charge in [-0.2, -0.15) is 0 Å². The van der Waals surface area contributed by atoms with Gasteiger partial charge in [-0.3, -0.25) is 14.5 Å². The minimum atomic E-state index is -0.449. The first-order valence-electron chi connectivity index (χ1n) is 11.9. The van der Waals surface area contributed by atoms with Crippen LogP contribution >= 0.6 is 24.0 Å². The lowest BCUT2D eigenvalue weighted by Gasteiger charge is -2.40. The maximum atomic E-state index is 13.0. The number of anilines is 1. The smallest absolute Gasteiger partial charge is 0.225 e. The van der Waals surface area contributed by atoms with E-state index in [2.05, 4.69) is 33.9 Å². The van der Waals surface area contributed by atoms with Crippen molar-refractivity contribution in [2.75, 3.05) is 63.9 Å². The van der Waals surface area contributed by atoms with E-state index in [1.165, 1.54) is 0 Å². The summed E-state index contributed by atoms with van der Waals surface area (Å²) < 4.78 is 5.58. The molecule has 0 aliphatic carbocycles. The Morgan fingerprint density at radius 2 is 1.79 bits per heavy atom. The van der Waals surface area contributed by atoms with Crippen molar-refractivity contribution < 1.29 is 14.3 Å². The highest BCUT2D eigenvalue weighted by Gasteiger charge is 2.31. The van der Waals surface area contributed by atoms with Crippen LogP contribution in [0.5, 0.6) is 0 Å². The number of ether oxygens (including phenoxy) is 1. The van der Waals surface area contributed by atoms with Gasteiger partial charge in [0.15, 0.2) is 5.78 Å². The van der Waals surface area contributed by atoms with E-state index in [9.17, 15) is 9.59 Å². The van der Waals surface area contributed by atoms with Gasteiger partial charge >= 0.3 is 0 Å². The minimum Gasteiger partial charge on any atom is -0.370 e. The zero-order valence-corrected chi connectivity index (χ0v) is 21.2. The van der Waals surface area contributed by atoms with Crippen LogP contribution in [0, 0.1) is 5.92 Å². The van der Waals surface area contributed by atoms with Crippen LogP contribution in [-0.2, 0) is 9.53 Å². The number of nitrogens with one attached hydrogen (secondary N) is 1. The summed E-state index contributed by atoms with van der Waals surface area (Å²) >= 11 is 6.58. The predicted molar refractivity (Wildman–Crippen MR) is 134 cm³/mol. The number of piperidine rings is 1. The second-order valence-corrected chi connectivity index (χ2v) is 9.72. The largest absolute Gasteiger partial charge is 0.370 e. The molecule has 1 amide bonds. The number of amides is 1. The van der Waals surface area contributed by atoms with Crippen LogP contribution in [0.25, 0.3) is 0 Å². The molecule has 4 rings (SSSR count). The molecule has 0 spiro atoms. The molecule has 9 heteroatoms.